The van der Waals surface area contributed by atoms with Gasteiger partial charge in [0.05, 0.1) is 31.3 Å². The molecule has 1 saturated heterocycles. The highest BCUT2D eigenvalue weighted by Crippen LogP contribution is 2.33. The molecule has 146 valence electrons. The molecule has 0 bridgehead atoms. The van der Waals surface area contributed by atoms with Crippen molar-refractivity contribution in [1.29, 1.82) is 0 Å². The van der Waals surface area contributed by atoms with Gasteiger partial charge in [-0.15, -0.1) is 0 Å². The number of ether oxygens (including phenoxy) is 2. The monoisotopic (exact) mass is 399 g/mol. The Kier molecular flexibility index (Phi) is 5.40. The topological polar surface area (TPSA) is 51.9 Å². The average Bonchev–Trinajstić information content (AvgIpc) is 2.72. The fraction of sp³-hybridized carbons (Fsp3) is 0.318. The zero-order valence-electron chi connectivity index (χ0n) is 16.0. The number of fused-ring (bicyclic) bond motifs is 1. The van der Waals surface area contributed by atoms with E-state index in [1.807, 2.05) is 18.2 Å². The lowest BCUT2D eigenvalue weighted by Crippen LogP contribution is -2.35. The standard InChI is InChI=1S/C22H22ClNO4/c1-14-20(25)17-7-8-19(26-2)18(13-24-9-11-27-12-10-24)22(17)28-21(14)15-3-5-16(23)6-4-15/h3-8H,9-13H2,1-2H3. The Morgan fingerprint density at radius 2 is 1.82 bits per heavy atom. The van der Waals surface area contributed by atoms with Crippen molar-refractivity contribution in [2.75, 3.05) is 33.4 Å². The Morgan fingerprint density at radius 3 is 2.50 bits per heavy atom. The molecule has 6 heteroatoms. The lowest BCUT2D eigenvalue weighted by atomic mass is 10.0. The number of benzene rings is 2. The molecule has 4 rings (SSSR count). The highest BCUT2D eigenvalue weighted by atomic mass is 35.5. The first-order valence-electron chi connectivity index (χ1n) is 9.28. The lowest BCUT2D eigenvalue weighted by molar-refractivity contribution is 0.0339. The minimum absolute atomic E-state index is 0.0305. The number of rotatable bonds is 4. The lowest BCUT2D eigenvalue weighted by Gasteiger charge is -2.27. The van der Waals surface area contributed by atoms with Crippen LogP contribution in [0.15, 0.2) is 45.6 Å². The van der Waals surface area contributed by atoms with Gasteiger partial charge >= 0.3 is 0 Å². The summed E-state index contributed by atoms with van der Waals surface area (Å²) in [4.78, 5) is 15.4. The van der Waals surface area contributed by atoms with Gasteiger partial charge in [-0.05, 0) is 43.3 Å². The van der Waals surface area contributed by atoms with E-state index in [2.05, 4.69) is 4.90 Å². The third kappa shape index (κ3) is 3.53. The molecule has 1 aromatic heterocycles. The molecule has 2 aromatic carbocycles. The van der Waals surface area contributed by atoms with Gasteiger partial charge in [0.1, 0.15) is 17.1 Å². The summed E-state index contributed by atoms with van der Waals surface area (Å²) in [5.74, 6) is 1.28. The predicted octanol–water partition coefficient (Wildman–Crippen LogP) is 4.26. The molecule has 28 heavy (non-hydrogen) atoms. The fourth-order valence-electron chi connectivity index (χ4n) is 3.59. The molecule has 5 nitrogen and oxygen atoms in total. The van der Waals surface area contributed by atoms with Crippen LogP contribution >= 0.6 is 11.6 Å². The Labute approximate surface area is 168 Å². The molecule has 0 aliphatic carbocycles. The Morgan fingerprint density at radius 1 is 1.11 bits per heavy atom. The van der Waals surface area contributed by atoms with Crippen LogP contribution in [0.25, 0.3) is 22.3 Å². The van der Waals surface area contributed by atoms with Crippen molar-refractivity contribution in [3.8, 4) is 17.1 Å². The maximum atomic E-state index is 13.1. The van der Waals surface area contributed by atoms with E-state index < -0.39 is 0 Å². The maximum Gasteiger partial charge on any atom is 0.196 e. The minimum Gasteiger partial charge on any atom is -0.496 e. The van der Waals surface area contributed by atoms with Crippen molar-refractivity contribution >= 4 is 22.6 Å². The van der Waals surface area contributed by atoms with Gasteiger partial charge in [0.15, 0.2) is 5.43 Å². The van der Waals surface area contributed by atoms with Crippen molar-refractivity contribution in [1.82, 2.24) is 4.90 Å². The summed E-state index contributed by atoms with van der Waals surface area (Å²) in [6.45, 7) is 5.49. The normalized spacial score (nSPS) is 15.1. The molecule has 0 N–H and O–H groups in total. The van der Waals surface area contributed by atoms with E-state index in [4.69, 9.17) is 25.5 Å². The summed E-state index contributed by atoms with van der Waals surface area (Å²) in [6, 6.07) is 10.9. The SMILES string of the molecule is COc1ccc2c(=O)c(C)c(-c3ccc(Cl)cc3)oc2c1CN1CCOCC1. The Hall–Kier alpha value is -2.34. The second-order valence-corrected chi connectivity index (χ2v) is 7.34. The largest absolute Gasteiger partial charge is 0.496 e. The van der Waals surface area contributed by atoms with Crippen LogP contribution in [-0.2, 0) is 11.3 Å². The summed E-state index contributed by atoms with van der Waals surface area (Å²) in [6.07, 6.45) is 0. The van der Waals surface area contributed by atoms with E-state index in [-0.39, 0.29) is 5.43 Å². The van der Waals surface area contributed by atoms with Crippen molar-refractivity contribution in [3.63, 3.8) is 0 Å². The molecule has 2 heterocycles. The molecule has 0 atom stereocenters. The number of hydrogen-bond donors (Lipinski definition) is 0. The van der Waals surface area contributed by atoms with E-state index >= 15 is 0 Å². The summed E-state index contributed by atoms with van der Waals surface area (Å²) in [5, 5.41) is 1.21. The molecule has 1 fully saturated rings. The van der Waals surface area contributed by atoms with E-state index in [9.17, 15) is 4.79 Å². The minimum atomic E-state index is -0.0305. The summed E-state index contributed by atoms with van der Waals surface area (Å²) in [5.41, 5.74) is 2.83. The summed E-state index contributed by atoms with van der Waals surface area (Å²) < 4.78 is 17.4. The molecule has 1 aliphatic heterocycles. The molecular weight excluding hydrogens is 378 g/mol. The Bertz CT molecular complexity index is 1050. The molecule has 0 saturated carbocycles. The third-order valence-corrected chi connectivity index (χ3v) is 5.41. The number of methoxy groups -OCH3 is 1. The fourth-order valence-corrected chi connectivity index (χ4v) is 3.72. The molecule has 0 amide bonds. The second kappa shape index (κ2) is 7.95. The molecular formula is C22H22ClNO4. The van der Waals surface area contributed by atoms with Crippen molar-refractivity contribution < 1.29 is 13.9 Å². The first kappa shape index (κ1) is 19.0. The molecule has 0 unspecified atom stereocenters. The average molecular weight is 400 g/mol. The first-order valence-corrected chi connectivity index (χ1v) is 9.65. The van der Waals surface area contributed by atoms with Gasteiger partial charge < -0.3 is 13.9 Å². The van der Waals surface area contributed by atoms with Crippen molar-refractivity contribution in [2.24, 2.45) is 0 Å². The van der Waals surface area contributed by atoms with Gasteiger partial charge in [-0.2, -0.15) is 0 Å². The zero-order valence-corrected chi connectivity index (χ0v) is 16.7. The highest BCUT2D eigenvalue weighted by molar-refractivity contribution is 6.30. The molecule has 0 spiro atoms. The first-order chi connectivity index (χ1) is 13.6. The van der Waals surface area contributed by atoms with Crippen LogP contribution in [0.4, 0.5) is 0 Å². The van der Waals surface area contributed by atoms with Crippen LogP contribution in [0.1, 0.15) is 11.1 Å². The quantitative estimate of drug-likeness (QED) is 0.656. The third-order valence-electron chi connectivity index (χ3n) is 5.16. The van der Waals surface area contributed by atoms with Crippen LogP contribution in [0, 0.1) is 6.92 Å². The predicted molar refractivity (Wildman–Crippen MR) is 110 cm³/mol. The van der Waals surface area contributed by atoms with Gasteiger partial charge in [-0.1, -0.05) is 11.6 Å². The Balaban J connectivity index is 1.91. The van der Waals surface area contributed by atoms with Gasteiger partial charge in [0, 0.05) is 35.8 Å². The molecule has 0 radical (unpaired) electrons. The molecule has 3 aromatic rings. The van der Waals surface area contributed by atoms with E-state index in [0.29, 0.717) is 52.8 Å². The number of nitrogens with zero attached hydrogens (tertiary/aromatic N) is 1. The van der Waals surface area contributed by atoms with Crippen LogP contribution in [0.2, 0.25) is 5.02 Å². The summed E-state index contributed by atoms with van der Waals surface area (Å²) >= 11 is 6.01. The number of morpholine rings is 1. The zero-order chi connectivity index (χ0) is 19.7. The number of hydrogen-bond acceptors (Lipinski definition) is 5. The van der Waals surface area contributed by atoms with Crippen molar-refractivity contribution in [2.45, 2.75) is 13.5 Å². The number of halogens is 1. The van der Waals surface area contributed by atoms with Gasteiger partial charge in [-0.3, -0.25) is 9.69 Å². The van der Waals surface area contributed by atoms with Crippen LogP contribution in [0.3, 0.4) is 0 Å². The van der Waals surface area contributed by atoms with Gasteiger partial charge in [0.25, 0.3) is 0 Å². The molecule has 1 aliphatic rings. The van der Waals surface area contributed by atoms with E-state index in [1.54, 1.807) is 32.2 Å². The van der Waals surface area contributed by atoms with Crippen LogP contribution < -0.4 is 10.2 Å². The van der Waals surface area contributed by atoms with E-state index in [1.165, 1.54) is 0 Å². The smallest absolute Gasteiger partial charge is 0.196 e. The maximum absolute atomic E-state index is 13.1. The van der Waals surface area contributed by atoms with Gasteiger partial charge in [0.2, 0.25) is 0 Å². The van der Waals surface area contributed by atoms with Crippen molar-refractivity contribution in [3.05, 3.63) is 62.8 Å². The van der Waals surface area contributed by atoms with Crippen LogP contribution in [0.5, 0.6) is 5.75 Å². The van der Waals surface area contributed by atoms with Gasteiger partial charge in [-0.25, -0.2) is 0 Å². The highest BCUT2D eigenvalue weighted by Gasteiger charge is 2.21. The summed E-state index contributed by atoms with van der Waals surface area (Å²) in [7, 11) is 1.64. The second-order valence-electron chi connectivity index (χ2n) is 6.90. The van der Waals surface area contributed by atoms with E-state index in [0.717, 1.165) is 24.2 Å². The van der Waals surface area contributed by atoms with Crippen LogP contribution in [-0.4, -0.2) is 38.3 Å².